The molecule has 1 unspecified atom stereocenters. The lowest BCUT2D eigenvalue weighted by Gasteiger charge is -2.22. The molecule has 1 N–H and O–H groups in total. The van der Waals surface area contributed by atoms with E-state index < -0.39 is 0 Å². The molecule has 2 aromatic carbocycles. The Bertz CT molecular complexity index is 847. The first kappa shape index (κ1) is 23.7. The van der Waals surface area contributed by atoms with Gasteiger partial charge in [-0.05, 0) is 29.7 Å². The summed E-state index contributed by atoms with van der Waals surface area (Å²) in [5, 5.41) is 3.49. The minimum absolute atomic E-state index is 0. The molecular weight excluding hydrogens is 505 g/mol. The number of ether oxygens (including phenoxy) is 3. The maximum Gasteiger partial charge on any atom is 0.193 e. The average molecular weight is 537 g/mol. The Morgan fingerprint density at radius 3 is 2.71 bits per heavy atom. The third-order valence-electron chi connectivity index (χ3n) is 5.52. The Hall–Kier alpha value is -2.00. The second-order valence-corrected chi connectivity index (χ2v) is 7.83. The van der Waals surface area contributed by atoms with Crippen LogP contribution in [0.5, 0.6) is 11.5 Å². The zero-order valence-corrected chi connectivity index (χ0v) is 20.4. The average Bonchev–Trinajstić information content (AvgIpc) is 3.11. The Morgan fingerprint density at radius 1 is 1.10 bits per heavy atom. The van der Waals surface area contributed by atoms with Crippen molar-refractivity contribution >= 4 is 29.9 Å². The Labute approximate surface area is 202 Å². The van der Waals surface area contributed by atoms with Crippen LogP contribution in [0.4, 0.5) is 0 Å². The van der Waals surface area contributed by atoms with Crippen LogP contribution in [0, 0.1) is 5.92 Å². The van der Waals surface area contributed by atoms with Crippen LogP contribution in [-0.4, -0.2) is 50.8 Å². The standard InChI is InChI=1S/C24H31N3O3.HI/c1-25-24(26-15-20-8-9-22-23(14-20)30-13-5-12-29-22)27-11-10-21(16-27)18-28-17-19-6-3-2-4-7-19;/h2-4,6-9,14,21H,5,10-13,15-18H2,1H3,(H,25,26);1H. The van der Waals surface area contributed by atoms with Crippen molar-refractivity contribution in [1.29, 1.82) is 0 Å². The van der Waals surface area contributed by atoms with Gasteiger partial charge in [-0.2, -0.15) is 0 Å². The molecule has 1 saturated heterocycles. The number of rotatable bonds is 6. The fourth-order valence-corrected chi connectivity index (χ4v) is 3.91. The number of guanidine groups is 1. The van der Waals surface area contributed by atoms with E-state index in [1.165, 1.54) is 5.56 Å². The summed E-state index contributed by atoms with van der Waals surface area (Å²) in [6.45, 7) is 5.54. The van der Waals surface area contributed by atoms with Crippen molar-refractivity contribution < 1.29 is 14.2 Å². The number of halogens is 1. The molecule has 0 spiro atoms. The third-order valence-corrected chi connectivity index (χ3v) is 5.52. The van der Waals surface area contributed by atoms with Gasteiger partial charge in [0.2, 0.25) is 0 Å². The monoisotopic (exact) mass is 537 g/mol. The largest absolute Gasteiger partial charge is 0.490 e. The van der Waals surface area contributed by atoms with Gasteiger partial charge in [0, 0.05) is 39.0 Å². The van der Waals surface area contributed by atoms with Gasteiger partial charge in [0.1, 0.15) is 0 Å². The molecule has 0 bridgehead atoms. The molecule has 2 heterocycles. The highest BCUT2D eigenvalue weighted by Gasteiger charge is 2.25. The van der Waals surface area contributed by atoms with E-state index in [4.69, 9.17) is 14.2 Å². The fraction of sp³-hybridized carbons (Fsp3) is 0.458. The maximum absolute atomic E-state index is 5.94. The first-order valence-electron chi connectivity index (χ1n) is 10.8. The number of hydrogen-bond donors (Lipinski definition) is 1. The van der Waals surface area contributed by atoms with E-state index in [-0.39, 0.29) is 24.0 Å². The topological polar surface area (TPSA) is 55.3 Å². The summed E-state index contributed by atoms with van der Waals surface area (Å²) in [7, 11) is 1.84. The molecular formula is C24H32IN3O3. The van der Waals surface area contributed by atoms with Gasteiger partial charge in [-0.3, -0.25) is 4.99 Å². The van der Waals surface area contributed by atoms with Crippen LogP contribution in [0.3, 0.4) is 0 Å². The predicted octanol–water partition coefficient (Wildman–Crippen LogP) is 4.08. The van der Waals surface area contributed by atoms with Gasteiger partial charge in [0.15, 0.2) is 17.5 Å². The number of nitrogens with zero attached hydrogens (tertiary/aromatic N) is 2. The molecule has 1 atom stereocenters. The first-order chi connectivity index (χ1) is 14.8. The normalized spacial score (nSPS) is 18.3. The molecule has 168 valence electrons. The Balaban J connectivity index is 0.00000272. The van der Waals surface area contributed by atoms with E-state index in [1.54, 1.807) is 0 Å². The highest BCUT2D eigenvalue weighted by atomic mass is 127. The van der Waals surface area contributed by atoms with Crippen LogP contribution in [0.15, 0.2) is 53.5 Å². The summed E-state index contributed by atoms with van der Waals surface area (Å²) >= 11 is 0. The summed E-state index contributed by atoms with van der Waals surface area (Å²) < 4.78 is 17.5. The summed E-state index contributed by atoms with van der Waals surface area (Å²) in [6.07, 6.45) is 2.04. The van der Waals surface area contributed by atoms with Crippen molar-refractivity contribution in [1.82, 2.24) is 10.2 Å². The zero-order valence-electron chi connectivity index (χ0n) is 18.1. The minimum Gasteiger partial charge on any atom is -0.490 e. The second kappa shape index (κ2) is 12.1. The molecule has 0 amide bonds. The van der Waals surface area contributed by atoms with Crippen molar-refractivity contribution in [2.75, 3.05) is 40.0 Å². The third kappa shape index (κ3) is 6.74. The van der Waals surface area contributed by atoms with Crippen molar-refractivity contribution in [3.05, 3.63) is 59.7 Å². The van der Waals surface area contributed by atoms with Crippen molar-refractivity contribution in [3.63, 3.8) is 0 Å². The van der Waals surface area contributed by atoms with E-state index in [2.05, 4.69) is 51.6 Å². The molecule has 7 heteroatoms. The minimum atomic E-state index is 0. The van der Waals surface area contributed by atoms with Gasteiger partial charge in [-0.1, -0.05) is 36.4 Å². The molecule has 0 aliphatic carbocycles. The highest BCUT2D eigenvalue weighted by molar-refractivity contribution is 14.0. The first-order valence-corrected chi connectivity index (χ1v) is 10.8. The van der Waals surface area contributed by atoms with Crippen LogP contribution in [-0.2, 0) is 17.9 Å². The van der Waals surface area contributed by atoms with Crippen molar-refractivity contribution in [3.8, 4) is 11.5 Å². The van der Waals surface area contributed by atoms with E-state index >= 15 is 0 Å². The predicted molar refractivity (Wildman–Crippen MR) is 133 cm³/mol. The lowest BCUT2D eigenvalue weighted by Crippen LogP contribution is -2.39. The molecule has 4 rings (SSSR count). The SMILES string of the molecule is CN=C(NCc1ccc2c(c1)OCCCO2)N1CCC(COCc2ccccc2)C1.I. The molecule has 1 fully saturated rings. The number of aliphatic imine (C=N–C) groups is 1. The van der Waals surface area contributed by atoms with Crippen LogP contribution in [0.2, 0.25) is 0 Å². The number of hydrogen-bond acceptors (Lipinski definition) is 4. The molecule has 31 heavy (non-hydrogen) atoms. The number of benzene rings is 2. The van der Waals surface area contributed by atoms with Crippen LogP contribution in [0.25, 0.3) is 0 Å². The molecule has 2 aliphatic heterocycles. The van der Waals surface area contributed by atoms with Crippen LogP contribution in [0.1, 0.15) is 24.0 Å². The lowest BCUT2D eigenvalue weighted by atomic mass is 10.1. The molecule has 2 aromatic rings. The summed E-state index contributed by atoms with van der Waals surface area (Å²) in [5.74, 6) is 3.13. The zero-order chi connectivity index (χ0) is 20.6. The van der Waals surface area contributed by atoms with Gasteiger partial charge in [-0.25, -0.2) is 0 Å². The van der Waals surface area contributed by atoms with Crippen LogP contribution < -0.4 is 14.8 Å². The van der Waals surface area contributed by atoms with Gasteiger partial charge >= 0.3 is 0 Å². The Kier molecular flexibility index (Phi) is 9.27. The quantitative estimate of drug-likeness (QED) is 0.342. The molecule has 6 nitrogen and oxygen atoms in total. The van der Waals surface area contributed by atoms with Gasteiger partial charge in [0.25, 0.3) is 0 Å². The summed E-state index contributed by atoms with van der Waals surface area (Å²) in [5.41, 5.74) is 2.38. The second-order valence-electron chi connectivity index (χ2n) is 7.83. The van der Waals surface area contributed by atoms with Gasteiger partial charge in [0.05, 0.1) is 26.4 Å². The van der Waals surface area contributed by atoms with E-state index in [9.17, 15) is 0 Å². The fourth-order valence-electron chi connectivity index (χ4n) is 3.91. The summed E-state index contributed by atoms with van der Waals surface area (Å²) in [6, 6.07) is 16.5. The van der Waals surface area contributed by atoms with Crippen molar-refractivity contribution in [2.24, 2.45) is 10.9 Å². The van der Waals surface area contributed by atoms with Gasteiger partial charge in [-0.15, -0.1) is 24.0 Å². The van der Waals surface area contributed by atoms with Crippen molar-refractivity contribution in [2.45, 2.75) is 26.0 Å². The Morgan fingerprint density at radius 2 is 1.90 bits per heavy atom. The van der Waals surface area contributed by atoms with Gasteiger partial charge < -0.3 is 24.4 Å². The van der Waals surface area contributed by atoms with E-state index in [1.807, 2.05) is 19.2 Å². The maximum atomic E-state index is 5.94. The molecule has 2 aliphatic rings. The molecule has 0 radical (unpaired) electrons. The summed E-state index contributed by atoms with van der Waals surface area (Å²) in [4.78, 5) is 6.80. The van der Waals surface area contributed by atoms with Crippen LogP contribution >= 0.6 is 24.0 Å². The van der Waals surface area contributed by atoms with E-state index in [0.717, 1.165) is 55.6 Å². The van der Waals surface area contributed by atoms with E-state index in [0.29, 0.717) is 32.3 Å². The molecule has 0 saturated carbocycles. The number of nitrogens with one attached hydrogen (secondary N) is 1. The molecule has 0 aromatic heterocycles. The lowest BCUT2D eigenvalue weighted by molar-refractivity contribution is 0.0906. The number of likely N-dealkylation sites (tertiary alicyclic amines) is 1. The smallest absolute Gasteiger partial charge is 0.193 e. The highest BCUT2D eigenvalue weighted by Crippen LogP contribution is 2.30. The number of fused-ring (bicyclic) bond motifs is 1.